The fraction of sp³-hybridized carbons (Fsp3) is 0.526. The number of carbonyl (C=O) groups excluding carboxylic acids is 1. The Hall–Kier alpha value is -1.82. The van der Waals surface area contributed by atoms with Crippen LogP contribution in [0.15, 0.2) is 34.2 Å². The van der Waals surface area contributed by atoms with Crippen LogP contribution in [0.1, 0.15) is 38.6 Å². The van der Waals surface area contributed by atoms with Crippen molar-refractivity contribution in [3.8, 4) is 0 Å². The fourth-order valence-corrected chi connectivity index (χ4v) is 4.48. The van der Waals surface area contributed by atoms with E-state index in [2.05, 4.69) is 11.9 Å². The highest BCUT2D eigenvalue weighted by molar-refractivity contribution is 7.99. The summed E-state index contributed by atoms with van der Waals surface area (Å²) in [7, 11) is 0. The van der Waals surface area contributed by atoms with Crippen LogP contribution in [0, 0.1) is 5.92 Å². The normalized spacial score (nSPS) is 20.8. The molecule has 132 valence electrons. The summed E-state index contributed by atoms with van der Waals surface area (Å²) in [6.07, 6.45) is 4.32. The number of nitrogens with zero attached hydrogens (tertiary/aromatic N) is 3. The van der Waals surface area contributed by atoms with Crippen molar-refractivity contribution in [3.05, 3.63) is 34.6 Å². The summed E-state index contributed by atoms with van der Waals surface area (Å²) >= 11 is 1.41. The molecule has 4 rings (SSSR count). The smallest absolute Gasteiger partial charge is 0.262 e. The van der Waals surface area contributed by atoms with Crippen molar-refractivity contribution < 1.29 is 4.79 Å². The molecule has 25 heavy (non-hydrogen) atoms. The van der Waals surface area contributed by atoms with E-state index < -0.39 is 0 Å². The highest BCUT2D eigenvalue weighted by Gasteiger charge is 2.29. The van der Waals surface area contributed by atoms with Crippen molar-refractivity contribution >= 4 is 28.6 Å². The Kier molecular flexibility index (Phi) is 4.54. The van der Waals surface area contributed by atoms with Gasteiger partial charge >= 0.3 is 0 Å². The van der Waals surface area contributed by atoms with Crippen LogP contribution in [0.5, 0.6) is 0 Å². The van der Waals surface area contributed by atoms with E-state index in [0.717, 1.165) is 32.4 Å². The molecule has 1 atom stereocenters. The van der Waals surface area contributed by atoms with Crippen molar-refractivity contribution in [1.29, 1.82) is 0 Å². The predicted octanol–water partition coefficient (Wildman–Crippen LogP) is 3.08. The van der Waals surface area contributed by atoms with E-state index in [1.807, 2.05) is 29.2 Å². The first-order chi connectivity index (χ1) is 12.1. The number of rotatable bonds is 4. The lowest BCUT2D eigenvalue weighted by molar-refractivity contribution is -0.130. The number of amides is 1. The van der Waals surface area contributed by atoms with Gasteiger partial charge in [0.1, 0.15) is 0 Å². The van der Waals surface area contributed by atoms with Crippen LogP contribution in [-0.4, -0.2) is 39.2 Å². The molecule has 0 radical (unpaired) electrons. The summed E-state index contributed by atoms with van der Waals surface area (Å²) in [4.78, 5) is 32.0. The Morgan fingerprint density at radius 2 is 2.08 bits per heavy atom. The molecule has 1 saturated heterocycles. The van der Waals surface area contributed by atoms with Gasteiger partial charge in [-0.3, -0.25) is 14.2 Å². The highest BCUT2D eigenvalue weighted by atomic mass is 32.2. The number of hydrogen-bond acceptors (Lipinski definition) is 4. The number of para-hydroxylation sites is 1. The molecule has 0 unspecified atom stereocenters. The molecule has 6 heteroatoms. The Morgan fingerprint density at radius 1 is 1.28 bits per heavy atom. The molecule has 2 heterocycles. The van der Waals surface area contributed by atoms with Gasteiger partial charge in [-0.1, -0.05) is 30.8 Å². The van der Waals surface area contributed by atoms with E-state index in [1.54, 1.807) is 4.57 Å². The average Bonchev–Trinajstić information content (AvgIpc) is 3.44. The fourth-order valence-electron chi connectivity index (χ4n) is 3.52. The van der Waals surface area contributed by atoms with Gasteiger partial charge in [-0.25, -0.2) is 4.98 Å². The first-order valence-electron chi connectivity index (χ1n) is 9.05. The maximum Gasteiger partial charge on any atom is 0.262 e. The molecule has 5 nitrogen and oxygen atoms in total. The summed E-state index contributed by atoms with van der Waals surface area (Å²) < 4.78 is 1.80. The van der Waals surface area contributed by atoms with Crippen LogP contribution in [0.4, 0.5) is 0 Å². The zero-order valence-electron chi connectivity index (χ0n) is 14.5. The van der Waals surface area contributed by atoms with Crippen molar-refractivity contribution in [1.82, 2.24) is 14.5 Å². The number of likely N-dealkylation sites (tertiary alicyclic amines) is 1. The second-order valence-corrected chi connectivity index (χ2v) is 8.14. The summed E-state index contributed by atoms with van der Waals surface area (Å²) in [6.45, 7) is 3.90. The molecular weight excluding hydrogens is 334 g/mol. The molecule has 1 saturated carbocycles. The lowest BCUT2D eigenvalue weighted by Gasteiger charge is -2.30. The van der Waals surface area contributed by atoms with Crippen LogP contribution >= 0.6 is 11.8 Å². The molecule has 1 aliphatic heterocycles. The first-order valence-corrected chi connectivity index (χ1v) is 10.0. The molecule has 0 spiro atoms. The van der Waals surface area contributed by atoms with Gasteiger partial charge in [-0.15, -0.1) is 0 Å². The van der Waals surface area contributed by atoms with E-state index in [9.17, 15) is 9.59 Å². The number of hydrogen-bond donors (Lipinski definition) is 0. The molecule has 1 aromatic carbocycles. The molecule has 0 N–H and O–H groups in total. The van der Waals surface area contributed by atoms with E-state index in [0.29, 0.717) is 27.7 Å². The quantitative estimate of drug-likeness (QED) is 0.623. The minimum absolute atomic E-state index is 0.0228. The third-order valence-electron chi connectivity index (χ3n) is 5.02. The van der Waals surface area contributed by atoms with E-state index in [1.165, 1.54) is 18.2 Å². The Bertz CT molecular complexity index is 859. The van der Waals surface area contributed by atoms with Gasteiger partial charge in [-0.2, -0.15) is 0 Å². The Morgan fingerprint density at radius 3 is 2.84 bits per heavy atom. The average molecular weight is 357 g/mol. The summed E-state index contributed by atoms with van der Waals surface area (Å²) in [5, 5.41) is 1.35. The highest BCUT2D eigenvalue weighted by Crippen LogP contribution is 2.36. The standard InChI is InChI=1S/C19H23N3O2S/c1-13-5-4-10-21(11-13)17(23)12-25-19-20-16-7-3-2-6-15(16)18(24)22(19)14-8-9-14/h2-3,6-7,13-14H,4-5,8-12H2,1H3/t13-/m0/s1. The first kappa shape index (κ1) is 16.6. The Balaban J connectivity index is 1.57. The summed E-state index contributed by atoms with van der Waals surface area (Å²) in [6, 6.07) is 7.71. The summed E-state index contributed by atoms with van der Waals surface area (Å²) in [5.74, 6) is 1.08. The monoisotopic (exact) mass is 357 g/mol. The zero-order chi connectivity index (χ0) is 17.4. The number of aromatic nitrogens is 2. The second-order valence-electron chi connectivity index (χ2n) is 7.19. The maximum atomic E-state index is 12.8. The minimum atomic E-state index is 0.0228. The van der Waals surface area contributed by atoms with Gasteiger partial charge in [-0.05, 0) is 43.7 Å². The lowest BCUT2D eigenvalue weighted by atomic mass is 10.0. The SMILES string of the molecule is C[C@H]1CCCN(C(=O)CSc2nc3ccccc3c(=O)n2C2CC2)C1. The number of benzene rings is 1. The Labute approximate surface area is 151 Å². The van der Waals surface area contributed by atoms with Crippen molar-refractivity contribution in [3.63, 3.8) is 0 Å². The minimum Gasteiger partial charge on any atom is -0.342 e. The molecule has 1 aliphatic carbocycles. The van der Waals surface area contributed by atoms with E-state index in [-0.39, 0.29) is 17.5 Å². The van der Waals surface area contributed by atoms with Crippen molar-refractivity contribution in [2.75, 3.05) is 18.8 Å². The van der Waals surface area contributed by atoms with Crippen LogP contribution in [0.25, 0.3) is 10.9 Å². The molecule has 2 fully saturated rings. The van der Waals surface area contributed by atoms with Crippen molar-refractivity contribution in [2.45, 2.75) is 43.8 Å². The van der Waals surface area contributed by atoms with Crippen LogP contribution < -0.4 is 5.56 Å². The van der Waals surface area contributed by atoms with Gasteiger partial charge in [0, 0.05) is 19.1 Å². The molecular formula is C19H23N3O2S. The number of carbonyl (C=O) groups is 1. The second kappa shape index (κ2) is 6.83. The molecule has 1 amide bonds. The van der Waals surface area contributed by atoms with Gasteiger partial charge in [0.15, 0.2) is 5.16 Å². The van der Waals surface area contributed by atoms with Crippen molar-refractivity contribution in [2.24, 2.45) is 5.92 Å². The largest absolute Gasteiger partial charge is 0.342 e. The van der Waals surface area contributed by atoms with Crippen LogP contribution in [-0.2, 0) is 4.79 Å². The van der Waals surface area contributed by atoms with E-state index >= 15 is 0 Å². The maximum absolute atomic E-state index is 12.8. The molecule has 2 aliphatic rings. The lowest BCUT2D eigenvalue weighted by Crippen LogP contribution is -2.40. The summed E-state index contributed by atoms with van der Waals surface area (Å²) in [5.41, 5.74) is 0.737. The third-order valence-corrected chi connectivity index (χ3v) is 5.96. The van der Waals surface area contributed by atoms with Gasteiger partial charge in [0.2, 0.25) is 5.91 Å². The van der Waals surface area contributed by atoms with Gasteiger partial charge in [0.05, 0.1) is 16.7 Å². The molecule has 0 bridgehead atoms. The number of fused-ring (bicyclic) bond motifs is 1. The molecule has 1 aromatic heterocycles. The predicted molar refractivity (Wildman–Crippen MR) is 100.0 cm³/mol. The molecule has 2 aromatic rings. The van der Waals surface area contributed by atoms with Gasteiger partial charge in [0.25, 0.3) is 5.56 Å². The van der Waals surface area contributed by atoms with E-state index in [4.69, 9.17) is 0 Å². The van der Waals surface area contributed by atoms with Crippen LogP contribution in [0.3, 0.4) is 0 Å². The third kappa shape index (κ3) is 3.45. The topological polar surface area (TPSA) is 55.2 Å². The van der Waals surface area contributed by atoms with Gasteiger partial charge < -0.3 is 4.90 Å². The number of thioether (sulfide) groups is 1. The van der Waals surface area contributed by atoms with Crippen LogP contribution in [0.2, 0.25) is 0 Å². The zero-order valence-corrected chi connectivity index (χ0v) is 15.3. The number of piperidine rings is 1.